The van der Waals surface area contributed by atoms with Crippen molar-refractivity contribution in [3.8, 4) is 0 Å². The minimum Gasteiger partial charge on any atom is -0.452 e. The smallest absolute Gasteiger partial charge is 0.339 e. The number of hydrogen-bond acceptors (Lipinski definition) is 4. The number of esters is 1. The molecule has 0 bridgehead atoms. The Morgan fingerprint density at radius 3 is 2.82 bits per heavy atom. The molecule has 0 saturated heterocycles. The topological polar surface area (TPSA) is 68.3 Å². The van der Waals surface area contributed by atoms with Crippen LogP contribution < -0.4 is 5.32 Å². The van der Waals surface area contributed by atoms with Gasteiger partial charge in [0.15, 0.2) is 6.61 Å². The van der Waals surface area contributed by atoms with Gasteiger partial charge in [-0.3, -0.25) is 9.78 Å². The summed E-state index contributed by atoms with van der Waals surface area (Å²) in [6.45, 7) is -0.00461. The fourth-order valence-corrected chi connectivity index (χ4v) is 3.76. The lowest BCUT2D eigenvalue weighted by Gasteiger charge is -2.12. The Morgan fingerprint density at radius 1 is 1.11 bits per heavy atom. The van der Waals surface area contributed by atoms with Crippen LogP contribution in [-0.4, -0.2) is 23.5 Å². The maximum atomic E-state index is 12.8. The minimum atomic E-state index is -0.477. The molecule has 0 fully saturated rings. The van der Waals surface area contributed by atoms with Crippen LogP contribution in [0.1, 0.15) is 33.6 Å². The number of halogens is 1. The summed E-state index contributed by atoms with van der Waals surface area (Å²) >= 11 is 5.94. The molecule has 0 radical (unpaired) electrons. The molecule has 1 amide bonds. The highest BCUT2D eigenvalue weighted by Crippen LogP contribution is 2.30. The molecular weight excluding hydrogens is 376 g/mol. The zero-order chi connectivity index (χ0) is 19.5. The van der Waals surface area contributed by atoms with Gasteiger partial charge in [0.05, 0.1) is 11.1 Å². The van der Waals surface area contributed by atoms with Crippen LogP contribution in [0.2, 0.25) is 5.02 Å². The Hall–Kier alpha value is -2.92. The van der Waals surface area contributed by atoms with E-state index in [0.717, 1.165) is 47.0 Å². The van der Waals surface area contributed by atoms with E-state index in [4.69, 9.17) is 16.3 Å². The number of carbonyl (C=O) groups excluding carboxylic acids is 2. The average Bonchev–Trinajstić information content (AvgIpc) is 3.16. The van der Waals surface area contributed by atoms with Gasteiger partial charge in [0.1, 0.15) is 0 Å². The van der Waals surface area contributed by atoms with E-state index in [1.165, 1.54) is 0 Å². The van der Waals surface area contributed by atoms with Crippen LogP contribution in [0.25, 0.3) is 10.9 Å². The number of pyridine rings is 1. The number of amides is 1. The molecule has 0 atom stereocenters. The fourth-order valence-electron chi connectivity index (χ4n) is 3.55. The molecule has 28 heavy (non-hydrogen) atoms. The van der Waals surface area contributed by atoms with Gasteiger partial charge in [0.25, 0.3) is 5.91 Å². The molecule has 5 nitrogen and oxygen atoms in total. The molecule has 4 rings (SSSR count). The van der Waals surface area contributed by atoms with Gasteiger partial charge in [-0.1, -0.05) is 41.9 Å². The van der Waals surface area contributed by atoms with Crippen LogP contribution in [0, 0.1) is 0 Å². The van der Waals surface area contributed by atoms with E-state index in [9.17, 15) is 9.59 Å². The van der Waals surface area contributed by atoms with Gasteiger partial charge in [-0.05, 0) is 48.6 Å². The number of fused-ring (bicyclic) bond motifs is 2. The molecule has 1 aromatic heterocycles. The second-order valence-corrected chi connectivity index (χ2v) is 7.20. The number of hydrogen-bond donors (Lipinski definition) is 1. The van der Waals surface area contributed by atoms with Crippen molar-refractivity contribution in [2.24, 2.45) is 0 Å². The molecule has 1 aliphatic rings. The summed E-state index contributed by atoms with van der Waals surface area (Å²) in [5, 5.41) is 4.11. The summed E-state index contributed by atoms with van der Waals surface area (Å²) in [6, 6.07) is 14.8. The van der Waals surface area contributed by atoms with Gasteiger partial charge in [0.2, 0.25) is 0 Å². The summed E-state index contributed by atoms with van der Waals surface area (Å²) in [7, 11) is 0. The molecule has 0 spiro atoms. The van der Waals surface area contributed by atoms with Crippen LogP contribution in [0.3, 0.4) is 0 Å². The Labute approximate surface area is 167 Å². The van der Waals surface area contributed by atoms with E-state index in [-0.39, 0.29) is 12.5 Å². The number of ether oxygens (including phenoxy) is 1. The second-order valence-electron chi connectivity index (χ2n) is 6.77. The summed E-state index contributed by atoms with van der Waals surface area (Å²) in [5.74, 6) is -0.835. The zero-order valence-electron chi connectivity index (χ0n) is 15.2. The first-order valence-electron chi connectivity index (χ1n) is 9.20. The Balaban J connectivity index is 1.45. The molecular formula is C22H19ClN2O3. The van der Waals surface area contributed by atoms with Crippen molar-refractivity contribution in [3.63, 3.8) is 0 Å². The number of carbonyl (C=O) groups is 2. The molecule has 0 unspecified atom stereocenters. The molecule has 1 aliphatic carbocycles. The third kappa shape index (κ3) is 3.85. The normalized spacial score (nSPS) is 12.6. The maximum absolute atomic E-state index is 12.8. The van der Waals surface area contributed by atoms with E-state index in [1.54, 1.807) is 12.1 Å². The van der Waals surface area contributed by atoms with Crippen LogP contribution in [0.15, 0.2) is 48.5 Å². The van der Waals surface area contributed by atoms with Crippen molar-refractivity contribution in [3.05, 3.63) is 75.9 Å². The first-order valence-corrected chi connectivity index (χ1v) is 9.58. The standard InChI is InChI=1S/C22H19ClN2O3/c23-15-6-3-5-14(11-15)12-24-20(26)13-28-22(27)21-16-7-1-2-9-18(16)25-19-10-4-8-17(19)21/h1-3,5-7,9,11H,4,8,10,12-13H2,(H,24,26). The highest BCUT2D eigenvalue weighted by Gasteiger charge is 2.25. The van der Waals surface area contributed by atoms with Crippen molar-refractivity contribution < 1.29 is 14.3 Å². The van der Waals surface area contributed by atoms with Crippen molar-refractivity contribution in [1.82, 2.24) is 10.3 Å². The maximum Gasteiger partial charge on any atom is 0.339 e. The Bertz CT molecular complexity index is 1060. The number of aromatic nitrogens is 1. The summed E-state index contributed by atoms with van der Waals surface area (Å²) < 4.78 is 5.33. The van der Waals surface area contributed by atoms with Gasteiger partial charge in [-0.15, -0.1) is 0 Å². The highest BCUT2D eigenvalue weighted by molar-refractivity contribution is 6.30. The molecule has 1 heterocycles. The molecule has 3 aromatic rings. The number of aryl methyl sites for hydroxylation is 1. The fraction of sp³-hybridized carbons (Fsp3) is 0.227. The minimum absolute atomic E-state index is 0.324. The van der Waals surface area contributed by atoms with Gasteiger partial charge >= 0.3 is 5.97 Å². The number of nitrogens with zero attached hydrogens (tertiary/aromatic N) is 1. The number of para-hydroxylation sites is 1. The number of rotatable bonds is 5. The predicted octanol–water partition coefficient (Wildman–Crippen LogP) is 3.85. The SMILES string of the molecule is O=C(COC(=O)c1c2c(nc3ccccc13)CCC2)NCc1cccc(Cl)c1. The highest BCUT2D eigenvalue weighted by atomic mass is 35.5. The lowest BCUT2D eigenvalue weighted by molar-refractivity contribution is -0.124. The Kier molecular flexibility index (Phi) is 5.26. The van der Waals surface area contributed by atoms with E-state index < -0.39 is 5.97 Å². The van der Waals surface area contributed by atoms with Crippen molar-refractivity contribution in [1.29, 1.82) is 0 Å². The van der Waals surface area contributed by atoms with Gasteiger partial charge in [-0.2, -0.15) is 0 Å². The molecule has 6 heteroatoms. The average molecular weight is 395 g/mol. The van der Waals surface area contributed by atoms with Gasteiger partial charge < -0.3 is 10.1 Å². The first kappa shape index (κ1) is 18.4. The van der Waals surface area contributed by atoms with E-state index in [2.05, 4.69) is 10.3 Å². The lowest BCUT2D eigenvalue weighted by Crippen LogP contribution is -2.28. The molecule has 1 N–H and O–H groups in total. The second kappa shape index (κ2) is 7.98. The summed E-state index contributed by atoms with van der Waals surface area (Å²) in [6.07, 6.45) is 2.64. The van der Waals surface area contributed by atoms with Crippen molar-refractivity contribution >= 4 is 34.4 Å². The van der Waals surface area contributed by atoms with Gasteiger partial charge in [0, 0.05) is 22.6 Å². The molecule has 142 valence electrons. The third-order valence-corrected chi connectivity index (χ3v) is 5.07. The molecule has 0 aliphatic heterocycles. The van der Waals surface area contributed by atoms with Crippen LogP contribution in [0.5, 0.6) is 0 Å². The van der Waals surface area contributed by atoms with Crippen LogP contribution in [0.4, 0.5) is 0 Å². The third-order valence-electron chi connectivity index (χ3n) is 4.84. The summed E-state index contributed by atoms with van der Waals surface area (Å²) in [4.78, 5) is 29.6. The number of nitrogens with one attached hydrogen (secondary N) is 1. The summed E-state index contributed by atoms with van der Waals surface area (Å²) in [5.41, 5.74) is 4.10. The van der Waals surface area contributed by atoms with Crippen molar-refractivity contribution in [2.45, 2.75) is 25.8 Å². The first-order chi connectivity index (χ1) is 13.6. The largest absolute Gasteiger partial charge is 0.452 e. The predicted molar refractivity (Wildman–Crippen MR) is 107 cm³/mol. The van der Waals surface area contributed by atoms with E-state index in [1.807, 2.05) is 36.4 Å². The van der Waals surface area contributed by atoms with E-state index >= 15 is 0 Å². The van der Waals surface area contributed by atoms with E-state index in [0.29, 0.717) is 17.1 Å². The monoisotopic (exact) mass is 394 g/mol. The van der Waals surface area contributed by atoms with Crippen LogP contribution >= 0.6 is 11.6 Å². The van der Waals surface area contributed by atoms with Gasteiger partial charge in [-0.25, -0.2) is 4.79 Å². The molecule has 0 saturated carbocycles. The van der Waals surface area contributed by atoms with Crippen molar-refractivity contribution in [2.75, 3.05) is 6.61 Å². The zero-order valence-corrected chi connectivity index (χ0v) is 16.0. The lowest BCUT2D eigenvalue weighted by atomic mass is 10.0. The molecule has 2 aromatic carbocycles. The number of benzene rings is 2. The quantitative estimate of drug-likeness (QED) is 0.667. The Morgan fingerprint density at radius 2 is 1.96 bits per heavy atom. The van der Waals surface area contributed by atoms with Crippen LogP contribution in [-0.2, 0) is 28.9 Å².